The first-order chi connectivity index (χ1) is 7.16. The minimum absolute atomic E-state index is 0. The van der Waals surface area contributed by atoms with E-state index in [0.717, 1.165) is 25.0 Å². The Balaban J connectivity index is 0.000000711. The third-order valence-corrected chi connectivity index (χ3v) is 3.53. The van der Waals surface area contributed by atoms with Crippen molar-refractivity contribution in [1.82, 2.24) is 4.90 Å². The summed E-state index contributed by atoms with van der Waals surface area (Å²) in [6.07, 6.45) is 1.33. The van der Waals surface area contributed by atoms with Crippen molar-refractivity contribution in [2.75, 3.05) is 26.2 Å². The molecule has 0 aromatic heterocycles. The van der Waals surface area contributed by atoms with E-state index in [2.05, 4.69) is 24.1 Å². The summed E-state index contributed by atoms with van der Waals surface area (Å²) in [5.41, 5.74) is 7.48. The summed E-state index contributed by atoms with van der Waals surface area (Å²) in [4.78, 5) is 2.58. The van der Waals surface area contributed by atoms with Crippen LogP contribution in [0.15, 0.2) is 0 Å². The van der Waals surface area contributed by atoms with Crippen molar-refractivity contribution in [3.8, 4) is 0 Å². The molecule has 2 fully saturated rings. The van der Waals surface area contributed by atoms with E-state index in [1.165, 1.54) is 13.0 Å². The van der Waals surface area contributed by atoms with Crippen molar-refractivity contribution >= 4 is 0 Å². The van der Waals surface area contributed by atoms with Crippen molar-refractivity contribution in [3.05, 3.63) is 11.1 Å². The smallest absolute Gasteiger partial charge is 0.679 e. The van der Waals surface area contributed by atoms with Gasteiger partial charge in [-0.15, -0.1) is 6.54 Å². The number of hydrogen-bond acceptors (Lipinski definition) is 1. The molecular formula is C12H25N3U. The van der Waals surface area contributed by atoms with Gasteiger partial charge in [-0.2, -0.15) is 13.1 Å². The summed E-state index contributed by atoms with van der Waals surface area (Å²) in [5, 5.41) is 4.36. The molecule has 2 aliphatic heterocycles. The summed E-state index contributed by atoms with van der Waals surface area (Å²) in [6, 6.07) is 0.837. The second-order valence-electron chi connectivity index (χ2n) is 4.80. The standard InChI is InChI=1S/C10H19N3.C2H6.U/c1-10(2)9-5-8(7-13(9)10)6-12-4-3-11;1-2;/h8-9,11H,3-7H2,1-2H3;1-2H3;/q-2;;+2. The molecule has 92 valence electrons. The van der Waals surface area contributed by atoms with Crippen LogP contribution in [0.4, 0.5) is 0 Å². The average molecular weight is 449 g/mol. The molecule has 0 bridgehead atoms. The molecule has 4 heteroatoms. The third kappa shape index (κ3) is 3.71. The fraction of sp³-hybridized carbons (Fsp3) is 1.00. The van der Waals surface area contributed by atoms with Gasteiger partial charge in [-0.1, -0.05) is 13.8 Å². The predicted molar refractivity (Wildman–Crippen MR) is 66.3 cm³/mol. The molecule has 3 unspecified atom stereocenters. The first kappa shape index (κ1) is 16.9. The Morgan fingerprint density at radius 3 is 2.44 bits per heavy atom. The van der Waals surface area contributed by atoms with Gasteiger partial charge in [0.1, 0.15) is 0 Å². The van der Waals surface area contributed by atoms with Crippen LogP contribution in [0.2, 0.25) is 0 Å². The minimum atomic E-state index is 0. The van der Waals surface area contributed by atoms with Crippen LogP contribution < -0.4 is 0 Å². The van der Waals surface area contributed by atoms with E-state index in [0.29, 0.717) is 12.1 Å². The molecule has 2 saturated heterocycles. The molecule has 0 radical (unpaired) electrons. The molecule has 0 aromatic carbocycles. The number of nitrogens with zero attached hydrogens (tertiary/aromatic N) is 2. The van der Waals surface area contributed by atoms with Gasteiger partial charge in [0.2, 0.25) is 0 Å². The monoisotopic (exact) mass is 449 g/mol. The molecule has 2 heterocycles. The summed E-state index contributed by atoms with van der Waals surface area (Å²) in [6.45, 7) is 12.1. The van der Waals surface area contributed by atoms with Crippen LogP contribution in [-0.4, -0.2) is 42.7 Å². The summed E-state index contributed by atoms with van der Waals surface area (Å²) < 4.78 is 0. The van der Waals surface area contributed by atoms with E-state index in [1.807, 2.05) is 13.8 Å². The number of fused-ring (bicyclic) bond motifs is 1. The van der Waals surface area contributed by atoms with Crippen LogP contribution in [0.25, 0.3) is 11.1 Å². The predicted octanol–water partition coefficient (Wildman–Crippen LogP) is 2.92. The molecule has 1 N–H and O–H groups in total. The summed E-state index contributed by atoms with van der Waals surface area (Å²) in [5.74, 6) is 0.782. The maximum absolute atomic E-state index is 6.98. The van der Waals surface area contributed by atoms with E-state index in [9.17, 15) is 0 Å². The molecule has 0 aromatic rings. The second kappa shape index (κ2) is 7.38. The molecule has 0 aliphatic carbocycles. The van der Waals surface area contributed by atoms with Gasteiger partial charge in [-0.3, -0.25) is 4.90 Å². The Bertz CT molecular complexity index is 183. The zero-order valence-electron chi connectivity index (χ0n) is 11.1. The molecule has 0 spiro atoms. The Hall–Kier alpha value is 0.932. The Morgan fingerprint density at radius 2 is 2.00 bits per heavy atom. The topological polar surface area (TPSA) is 40.9 Å². The molecule has 0 amide bonds. The fourth-order valence-electron chi connectivity index (χ4n) is 2.58. The van der Waals surface area contributed by atoms with Gasteiger partial charge in [0.25, 0.3) is 0 Å². The minimum Gasteiger partial charge on any atom is -0.679 e. The van der Waals surface area contributed by atoms with Crippen molar-refractivity contribution in [2.24, 2.45) is 5.92 Å². The number of nitrogens with one attached hydrogen (secondary N) is 1. The van der Waals surface area contributed by atoms with E-state index >= 15 is 0 Å². The normalized spacial score (nSPS) is 33.2. The van der Waals surface area contributed by atoms with Crippen LogP contribution in [0.5, 0.6) is 0 Å². The third-order valence-electron chi connectivity index (χ3n) is 3.53. The molecule has 0 saturated carbocycles. The largest absolute Gasteiger partial charge is 2.00 e. The van der Waals surface area contributed by atoms with Crippen LogP contribution in [0.1, 0.15) is 34.1 Å². The Kier molecular flexibility index (Phi) is 7.82. The van der Waals surface area contributed by atoms with E-state index < -0.39 is 0 Å². The number of hydrogen-bond donors (Lipinski definition) is 0. The molecular weight excluding hydrogens is 424 g/mol. The van der Waals surface area contributed by atoms with Gasteiger partial charge in [0.05, 0.1) is 0 Å². The van der Waals surface area contributed by atoms with Crippen molar-refractivity contribution in [2.45, 2.75) is 45.7 Å². The van der Waals surface area contributed by atoms with Crippen LogP contribution in [0, 0.1) is 37.0 Å². The van der Waals surface area contributed by atoms with Crippen LogP contribution in [0.3, 0.4) is 0 Å². The number of piperidine rings is 1. The Labute approximate surface area is 124 Å². The van der Waals surface area contributed by atoms with E-state index in [-0.39, 0.29) is 31.1 Å². The quantitative estimate of drug-likeness (QED) is 0.481. The van der Waals surface area contributed by atoms with Crippen molar-refractivity contribution in [3.63, 3.8) is 0 Å². The first-order valence-corrected chi connectivity index (χ1v) is 6.21. The van der Waals surface area contributed by atoms with Gasteiger partial charge >= 0.3 is 31.1 Å². The zero-order valence-corrected chi connectivity index (χ0v) is 15.2. The van der Waals surface area contributed by atoms with Gasteiger partial charge in [0.15, 0.2) is 0 Å². The van der Waals surface area contributed by atoms with Gasteiger partial charge in [-0.25, -0.2) is 0 Å². The number of rotatable bonds is 4. The Morgan fingerprint density at radius 1 is 1.38 bits per heavy atom. The van der Waals surface area contributed by atoms with Crippen molar-refractivity contribution in [1.29, 1.82) is 0 Å². The van der Waals surface area contributed by atoms with E-state index in [1.54, 1.807) is 0 Å². The molecule has 2 aliphatic rings. The first-order valence-electron chi connectivity index (χ1n) is 6.21. The fourth-order valence-corrected chi connectivity index (χ4v) is 2.58. The van der Waals surface area contributed by atoms with Gasteiger partial charge in [0, 0.05) is 18.1 Å². The van der Waals surface area contributed by atoms with Gasteiger partial charge < -0.3 is 11.1 Å². The maximum Gasteiger partial charge on any atom is 2.00 e. The van der Waals surface area contributed by atoms with Crippen LogP contribution >= 0.6 is 0 Å². The maximum atomic E-state index is 6.98. The van der Waals surface area contributed by atoms with Gasteiger partial charge in [-0.05, 0) is 26.2 Å². The zero-order chi connectivity index (χ0) is 11.5. The molecule has 3 nitrogen and oxygen atoms in total. The second-order valence-corrected chi connectivity index (χ2v) is 4.80. The van der Waals surface area contributed by atoms with Crippen molar-refractivity contribution < 1.29 is 31.1 Å². The summed E-state index contributed by atoms with van der Waals surface area (Å²) in [7, 11) is 0. The molecule has 2 rings (SSSR count). The SMILES string of the molecule is CC.CC1(C)C2CC(C[N-]CC[NH-])CN21.[U+2]. The molecule has 3 atom stereocenters. The summed E-state index contributed by atoms with van der Waals surface area (Å²) >= 11 is 0. The molecule has 16 heavy (non-hydrogen) atoms. The van der Waals surface area contributed by atoms with Crippen LogP contribution in [-0.2, 0) is 0 Å². The van der Waals surface area contributed by atoms with E-state index in [4.69, 9.17) is 5.73 Å². The average Bonchev–Trinajstić information content (AvgIpc) is 2.64.